The first-order valence-corrected chi connectivity index (χ1v) is 7.91. The molecule has 4 heteroatoms. The van der Waals surface area contributed by atoms with Gasteiger partial charge < -0.3 is 9.64 Å². The van der Waals surface area contributed by atoms with E-state index >= 15 is 0 Å². The van der Waals surface area contributed by atoms with Crippen molar-refractivity contribution >= 4 is 0 Å². The van der Waals surface area contributed by atoms with E-state index in [4.69, 9.17) is 4.74 Å². The smallest absolute Gasteiger partial charge is 0.0713 e. The molecule has 4 nitrogen and oxygen atoms in total. The molecule has 2 fully saturated rings. The molecule has 1 spiro atoms. The molecule has 0 bridgehead atoms. The van der Waals surface area contributed by atoms with E-state index in [0.717, 1.165) is 12.5 Å². The SMILES string of the molecule is CC(C)CN1CCC2(CC1)CC(c1cnn(C)c1)CO2. The minimum absolute atomic E-state index is 0.147. The van der Waals surface area contributed by atoms with E-state index in [1.165, 1.54) is 44.5 Å². The minimum atomic E-state index is 0.147. The number of hydrogen-bond acceptors (Lipinski definition) is 3. The van der Waals surface area contributed by atoms with E-state index in [1.807, 2.05) is 17.9 Å². The molecule has 3 rings (SSSR count). The number of nitrogens with zero attached hydrogens (tertiary/aromatic N) is 3. The van der Waals surface area contributed by atoms with E-state index in [-0.39, 0.29) is 5.60 Å². The van der Waals surface area contributed by atoms with Crippen LogP contribution in [-0.2, 0) is 11.8 Å². The van der Waals surface area contributed by atoms with Gasteiger partial charge >= 0.3 is 0 Å². The second-order valence-corrected chi connectivity index (χ2v) is 7.04. The fraction of sp³-hybridized carbons (Fsp3) is 0.812. The van der Waals surface area contributed by atoms with Gasteiger partial charge in [-0.05, 0) is 30.7 Å². The van der Waals surface area contributed by atoms with Crippen molar-refractivity contribution in [2.45, 2.75) is 44.6 Å². The van der Waals surface area contributed by atoms with Crippen molar-refractivity contribution in [2.75, 3.05) is 26.2 Å². The number of likely N-dealkylation sites (tertiary alicyclic amines) is 1. The summed E-state index contributed by atoms with van der Waals surface area (Å²) in [5.41, 5.74) is 1.49. The van der Waals surface area contributed by atoms with Crippen LogP contribution in [0.4, 0.5) is 0 Å². The van der Waals surface area contributed by atoms with Crippen molar-refractivity contribution in [1.29, 1.82) is 0 Å². The van der Waals surface area contributed by atoms with Crippen molar-refractivity contribution in [1.82, 2.24) is 14.7 Å². The van der Waals surface area contributed by atoms with Crippen LogP contribution in [0.2, 0.25) is 0 Å². The zero-order valence-corrected chi connectivity index (χ0v) is 13.0. The van der Waals surface area contributed by atoms with Crippen molar-refractivity contribution in [3.05, 3.63) is 18.0 Å². The van der Waals surface area contributed by atoms with E-state index in [0.29, 0.717) is 5.92 Å². The monoisotopic (exact) mass is 277 g/mol. The molecule has 0 N–H and O–H groups in total. The first-order chi connectivity index (χ1) is 9.56. The van der Waals surface area contributed by atoms with E-state index < -0.39 is 0 Å². The molecule has 0 radical (unpaired) electrons. The lowest BCUT2D eigenvalue weighted by molar-refractivity contribution is -0.0449. The normalized spacial score (nSPS) is 26.7. The van der Waals surface area contributed by atoms with Crippen LogP contribution < -0.4 is 0 Å². The van der Waals surface area contributed by atoms with Crippen molar-refractivity contribution < 1.29 is 4.74 Å². The molecule has 2 saturated heterocycles. The van der Waals surface area contributed by atoms with E-state index in [1.54, 1.807) is 0 Å². The van der Waals surface area contributed by atoms with Crippen LogP contribution in [0.15, 0.2) is 12.4 Å². The molecule has 1 unspecified atom stereocenters. The predicted molar refractivity (Wildman–Crippen MR) is 79.8 cm³/mol. The number of rotatable bonds is 3. The third-order valence-corrected chi connectivity index (χ3v) is 4.80. The van der Waals surface area contributed by atoms with Crippen LogP contribution in [0.3, 0.4) is 0 Å². The summed E-state index contributed by atoms with van der Waals surface area (Å²) in [5, 5.41) is 4.29. The van der Waals surface area contributed by atoms with Crippen LogP contribution in [0.5, 0.6) is 0 Å². The highest BCUT2D eigenvalue weighted by atomic mass is 16.5. The zero-order chi connectivity index (χ0) is 14.2. The fourth-order valence-corrected chi connectivity index (χ4v) is 3.72. The number of ether oxygens (including phenoxy) is 1. The third-order valence-electron chi connectivity index (χ3n) is 4.80. The number of hydrogen-bond donors (Lipinski definition) is 0. The molecular weight excluding hydrogens is 250 g/mol. The van der Waals surface area contributed by atoms with Gasteiger partial charge in [0.15, 0.2) is 0 Å². The molecule has 0 aliphatic carbocycles. The molecular formula is C16H27N3O. The second-order valence-electron chi connectivity index (χ2n) is 7.04. The molecule has 0 aromatic carbocycles. The molecule has 20 heavy (non-hydrogen) atoms. The Labute approximate surface area is 122 Å². The Bertz CT molecular complexity index is 446. The first-order valence-electron chi connectivity index (χ1n) is 7.91. The molecule has 1 aromatic rings. The topological polar surface area (TPSA) is 30.3 Å². The Kier molecular flexibility index (Phi) is 3.87. The van der Waals surface area contributed by atoms with Crippen LogP contribution in [-0.4, -0.2) is 46.5 Å². The van der Waals surface area contributed by atoms with E-state index in [9.17, 15) is 0 Å². The van der Waals surface area contributed by atoms with E-state index in [2.05, 4.69) is 30.0 Å². The van der Waals surface area contributed by atoms with Gasteiger partial charge in [-0.25, -0.2) is 0 Å². The van der Waals surface area contributed by atoms with Gasteiger partial charge in [-0.2, -0.15) is 5.10 Å². The van der Waals surface area contributed by atoms with Crippen LogP contribution >= 0.6 is 0 Å². The Hall–Kier alpha value is -0.870. The summed E-state index contributed by atoms with van der Waals surface area (Å²) in [4.78, 5) is 2.59. The molecule has 2 aliphatic heterocycles. The van der Waals surface area contributed by atoms with Gasteiger partial charge in [-0.15, -0.1) is 0 Å². The number of piperidine rings is 1. The van der Waals surface area contributed by atoms with Crippen LogP contribution in [0.25, 0.3) is 0 Å². The lowest BCUT2D eigenvalue weighted by Crippen LogP contribution is -2.45. The van der Waals surface area contributed by atoms with Crippen molar-refractivity contribution in [3.8, 4) is 0 Å². The average molecular weight is 277 g/mol. The first kappa shape index (κ1) is 14.1. The minimum Gasteiger partial charge on any atom is -0.374 e. The second kappa shape index (κ2) is 5.49. The molecule has 1 aromatic heterocycles. The quantitative estimate of drug-likeness (QED) is 0.850. The maximum atomic E-state index is 6.25. The summed E-state index contributed by atoms with van der Waals surface area (Å²) in [6, 6.07) is 0. The maximum Gasteiger partial charge on any atom is 0.0713 e. The fourth-order valence-electron chi connectivity index (χ4n) is 3.72. The number of aryl methyl sites for hydroxylation is 1. The Morgan fingerprint density at radius 1 is 1.40 bits per heavy atom. The summed E-state index contributed by atoms with van der Waals surface area (Å²) in [6.45, 7) is 9.08. The third kappa shape index (κ3) is 2.91. The number of aromatic nitrogens is 2. The largest absolute Gasteiger partial charge is 0.374 e. The Morgan fingerprint density at radius 2 is 2.15 bits per heavy atom. The van der Waals surface area contributed by atoms with Crippen molar-refractivity contribution in [3.63, 3.8) is 0 Å². The van der Waals surface area contributed by atoms with Crippen LogP contribution in [0.1, 0.15) is 44.6 Å². The van der Waals surface area contributed by atoms with Crippen LogP contribution in [0, 0.1) is 5.92 Å². The highest BCUT2D eigenvalue weighted by Crippen LogP contribution is 2.42. The predicted octanol–water partition coefficient (Wildman–Crippen LogP) is 2.41. The highest BCUT2D eigenvalue weighted by molar-refractivity contribution is 5.15. The summed E-state index contributed by atoms with van der Waals surface area (Å²) >= 11 is 0. The van der Waals surface area contributed by atoms with Gasteiger partial charge in [-0.1, -0.05) is 13.8 Å². The summed E-state index contributed by atoms with van der Waals surface area (Å²) in [5.74, 6) is 1.30. The average Bonchev–Trinajstić information content (AvgIpc) is 2.99. The van der Waals surface area contributed by atoms with Gasteiger partial charge in [0.2, 0.25) is 0 Å². The van der Waals surface area contributed by atoms with Gasteiger partial charge in [0.25, 0.3) is 0 Å². The van der Waals surface area contributed by atoms with Crippen molar-refractivity contribution in [2.24, 2.45) is 13.0 Å². The Balaban J connectivity index is 1.57. The molecule has 0 saturated carbocycles. The molecule has 1 atom stereocenters. The summed E-state index contributed by atoms with van der Waals surface area (Å²) in [6.07, 6.45) is 7.70. The Morgan fingerprint density at radius 3 is 2.75 bits per heavy atom. The molecule has 2 aliphatic rings. The van der Waals surface area contributed by atoms with Gasteiger partial charge in [0.05, 0.1) is 18.4 Å². The van der Waals surface area contributed by atoms with Gasteiger partial charge in [-0.3, -0.25) is 4.68 Å². The molecule has 3 heterocycles. The lowest BCUT2D eigenvalue weighted by atomic mass is 9.83. The van der Waals surface area contributed by atoms with Gasteiger partial charge in [0.1, 0.15) is 0 Å². The molecule has 112 valence electrons. The van der Waals surface area contributed by atoms with Gasteiger partial charge in [0, 0.05) is 38.8 Å². The maximum absolute atomic E-state index is 6.25. The standard InChI is InChI=1S/C16H27N3O/c1-13(2)10-19-6-4-16(5-7-19)8-14(12-20-16)15-9-17-18(3)11-15/h9,11,13-14H,4-8,10,12H2,1-3H3. The summed E-state index contributed by atoms with van der Waals surface area (Å²) < 4.78 is 8.14. The highest BCUT2D eigenvalue weighted by Gasteiger charge is 2.43. The zero-order valence-electron chi connectivity index (χ0n) is 13.0. The summed E-state index contributed by atoms with van der Waals surface area (Å²) in [7, 11) is 1.99. The lowest BCUT2D eigenvalue weighted by Gasteiger charge is -2.39. The molecule has 0 amide bonds.